The summed E-state index contributed by atoms with van der Waals surface area (Å²) in [5.74, 6) is -0.767. The van der Waals surface area contributed by atoms with E-state index in [1.54, 1.807) is 6.92 Å². The minimum atomic E-state index is -0.499. The quantitative estimate of drug-likeness (QED) is 0.678. The number of nitrogens with one attached hydrogen (secondary N) is 1. The van der Waals surface area contributed by atoms with Gasteiger partial charge in [-0.25, -0.2) is 9.37 Å². The second-order valence-electron chi connectivity index (χ2n) is 7.99. The summed E-state index contributed by atoms with van der Waals surface area (Å²) in [5, 5.41) is 8.25. The van der Waals surface area contributed by atoms with Gasteiger partial charge in [-0.1, -0.05) is 25.5 Å². The predicted octanol–water partition coefficient (Wildman–Crippen LogP) is 4.42. The van der Waals surface area contributed by atoms with Gasteiger partial charge in [-0.2, -0.15) is 5.10 Å². The normalized spacial score (nSPS) is 14.9. The zero-order valence-electron chi connectivity index (χ0n) is 17.8. The van der Waals surface area contributed by atoms with E-state index in [4.69, 9.17) is 0 Å². The van der Waals surface area contributed by atoms with Crippen molar-refractivity contribution >= 4 is 22.5 Å². The number of benzene rings is 1. The molecule has 3 heterocycles. The number of halogens is 1. The van der Waals surface area contributed by atoms with Crippen LogP contribution in [0.25, 0.3) is 21.9 Å². The topological polar surface area (TPSA) is 63.1 Å². The first-order valence-electron chi connectivity index (χ1n) is 10.6. The molecule has 7 heteroatoms. The van der Waals surface area contributed by atoms with Crippen molar-refractivity contribution in [3.05, 3.63) is 41.6 Å². The highest BCUT2D eigenvalue weighted by Crippen LogP contribution is 2.32. The average molecular weight is 410 g/mol. The van der Waals surface area contributed by atoms with Crippen LogP contribution in [-0.4, -0.2) is 38.7 Å². The number of hydrogen-bond donors (Lipinski definition) is 1. The Labute approximate surface area is 176 Å². The van der Waals surface area contributed by atoms with Gasteiger partial charge in [0.05, 0.1) is 11.9 Å². The van der Waals surface area contributed by atoms with Gasteiger partial charge >= 0.3 is 0 Å². The zero-order valence-corrected chi connectivity index (χ0v) is 17.8. The van der Waals surface area contributed by atoms with Crippen LogP contribution in [0.15, 0.2) is 24.4 Å². The Morgan fingerprint density at radius 1 is 1.20 bits per heavy atom. The molecule has 0 bridgehead atoms. The number of aryl methyl sites for hydroxylation is 2. The van der Waals surface area contributed by atoms with Crippen LogP contribution in [0.4, 0.5) is 10.2 Å². The minimum absolute atomic E-state index is 0.0104. The molecular formula is C23H28FN5O. The molecule has 2 aromatic heterocycles. The maximum Gasteiger partial charge on any atom is 0.225 e. The Kier molecular flexibility index (Phi) is 5.81. The molecule has 158 valence electrons. The third-order valence-electron chi connectivity index (χ3n) is 5.91. The molecule has 1 aliphatic heterocycles. The summed E-state index contributed by atoms with van der Waals surface area (Å²) in [6.07, 6.45) is 5.88. The molecule has 0 atom stereocenters. The van der Waals surface area contributed by atoms with Gasteiger partial charge in [0.1, 0.15) is 0 Å². The molecule has 1 amide bonds. The molecule has 0 saturated carbocycles. The van der Waals surface area contributed by atoms with Crippen LogP contribution in [0.2, 0.25) is 0 Å². The van der Waals surface area contributed by atoms with E-state index in [0.29, 0.717) is 11.1 Å². The number of carbonyl (C=O) groups excluding carboxylic acids is 1. The Bertz CT molecular complexity index is 1080. The summed E-state index contributed by atoms with van der Waals surface area (Å²) >= 11 is 0. The second kappa shape index (κ2) is 8.52. The highest BCUT2D eigenvalue weighted by molar-refractivity contribution is 5.95. The monoisotopic (exact) mass is 409 g/mol. The maximum atomic E-state index is 15.2. The minimum Gasteiger partial charge on any atom is -0.308 e. The van der Waals surface area contributed by atoms with Gasteiger partial charge in [0.2, 0.25) is 5.91 Å². The first kappa shape index (κ1) is 20.5. The van der Waals surface area contributed by atoms with Gasteiger partial charge in [-0.3, -0.25) is 14.4 Å². The van der Waals surface area contributed by atoms with Crippen LogP contribution in [0.1, 0.15) is 44.0 Å². The molecule has 0 spiro atoms. The fourth-order valence-corrected chi connectivity index (χ4v) is 4.14. The molecule has 1 aliphatic rings. The highest BCUT2D eigenvalue weighted by Gasteiger charge is 2.19. The Morgan fingerprint density at radius 2 is 1.97 bits per heavy atom. The van der Waals surface area contributed by atoms with E-state index in [1.807, 2.05) is 43.0 Å². The second-order valence-corrected chi connectivity index (χ2v) is 7.99. The number of hydrogen-bond acceptors (Lipinski definition) is 4. The van der Waals surface area contributed by atoms with Gasteiger partial charge in [0, 0.05) is 42.0 Å². The number of aromatic nitrogens is 3. The van der Waals surface area contributed by atoms with Crippen molar-refractivity contribution in [3.8, 4) is 11.1 Å². The van der Waals surface area contributed by atoms with Crippen molar-refractivity contribution in [1.29, 1.82) is 0 Å². The standard InChI is InChI=1S/C23H28FN5O/c1-4-21(30)27-23-22(24)18-12-16(8-9-17(18)15(2)26-23)19-13-25-28(3)20(19)14-29-10-6-5-7-11-29/h8-9,12-13H,4-7,10-11,14H2,1-3H3,(H,26,27,30). The summed E-state index contributed by atoms with van der Waals surface area (Å²) in [5.41, 5.74) is 3.74. The van der Waals surface area contributed by atoms with Gasteiger partial charge in [0.15, 0.2) is 11.6 Å². The number of amides is 1. The number of carbonyl (C=O) groups is 1. The molecule has 0 radical (unpaired) electrons. The molecule has 1 fully saturated rings. The summed E-state index contributed by atoms with van der Waals surface area (Å²) in [6.45, 7) is 6.59. The highest BCUT2D eigenvalue weighted by atomic mass is 19.1. The van der Waals surface area contributed by atoms with Crippen LogP contribution < -0.4 is 5.32 Å². The summed E-state index contributed by atoms with van der Waals surface area (Å²) in [4.78, 5) is 18.5. The van der Waals surface area contributed by atoms with Crippen molar-refractivity contribution in [3.63, 3.8) is 0 Å². The van der Waals surface area contributed by atoms with Crippen LogP contribution in [0.5, 0.6) is 0 Å². The smallest absolute Gasteiger partial charge is 0.225 e. The van der Waals surface area contributed by atoms with E-state index in [0.717, 1.165) is 41.8 Å². The molecule has 0 unspecified atom stereocenters. The van der Waals surface area contributed by atoms with Crippen LogP contribution in [0.3, 0.4) is 0 Å². The average Bonchev–Trinajstić information content (AvgIpc) is 3.12. The number of anilines is 1. The molecule has 1 N–H and O–H groups in total. The van der Waals surface area contributed by atoms with Gasteiger partial charge in [-0.15, -0.1) is 0 Å². The van der Waals surface area contributed by atoms with Crippen molar-refractivity contribution < 1.29 is 9.18 Å². The van der Waals surface area contributed by atoms with Crippen molar-refractivity contribution in [1.82, 2.24) is 19.7 Å². The van der Waals surface area contributed by atoms with E-state index < -0.39 is 5.82 Å². The van der Waals surface area contributed by atoms with Crippen LogP contribution in [0, 0.1) is 12.7 Å². The van der Waals surface area contributed by atoms with Crippen molar-refractivity contribution in [2.24, 2.45) is 7.05 Å². The number of pyridine rings is 1. The van der Waals surface area contributed by atoms with Gasteiger partial charge in [-0.05, 0) is 44.5 Å². The van der Waals surface area contributed by atoms with Crippen molar-refractivity contribution in [2.75, 3.05) is 18.4 Å². The maximum absolute atomic E-state index is 15.2. The molecule has 0 aliphatic carbocycles. The summed E-state index contributed by atoms with van der Waals surface area (Å²) in [7, 11) is 1.96. The third kappa shape index (κ3) is 3.94. The lowest BCUT2D eigenvalue weighted by Gasteiger charge is -2.26. The predicted molar refractivity (Wildman–Crippen MR) is 117 cm³/mol. The number of piperidine rings is 1. The zero-order chi connectivity index (χ0) is 21.3. The van der Waals surface area contributed by atoms with Crippen LogP contribution >= 0.6 is 0 Å². The van der Waals surface area contributed by atoms with E-state index in [-0.39, 0.29) is 18.1 Å². The number of fused-ring (bicyclic) bond motifs is 1. The van der Waals surface area contributed by atoms with E-state index in [1.165, 1.54) is 19.3 Å². The lowest BCUT2D eigenvalue weighted by molar-refractivity contribution is -0.115. The molecule has 4 rings (SSSR count). The van der Waals surface area contributed by atoms with E-state index >= 15 is 4.39 Å². The molecular weight excluding hydrogens is 381 g/mol. The number of nitrogens with zero attached hydrogens (tertiary/aromatic N) is 4. The summed E-state index contributed by atoms with van der Waals surface area (Å²) < 4.78 is 17.1. The van der Waals surface area contributed by atoms with Gasteiger partial charge < -0.3 is 5.32 Å². The number of rotatable bonds is 5. The Hall–Kier alpha value is -2.80. The lowest BCUT2D eigenvalue weighted by Crippen LogP contribution is -2.30. The molecule has 6 nitrogen and oxygen atoms in total. The SMILES string of the molecule is CCC(=O)Nc1nc(C)c2ccc(-c3cnn(C)c3CN3CCCCC3)cc2c1F. The third-order valence-corrected chi connectivity index (χ3v) is 5.91. The first-order chi connectivity index (χ1) is 14.5. The largest absolute Gasteiger partial charge is 0.308 e. The van der Waals surface area contributed by atoms with E-state index in [2.05, 4.69) is 20.3 Å². The fourth-order valence-electron chi connectivity index (χ4n) is 4.14. The molecule has 1 aromatic carbocycles. The fraction of sp³-hybridized carbons (Fsp3) is 0.435. The van der Waals surface area contributed by atoms with Crippen LogP contribution in [-0.2, 0) is 18.4 Å². The Balaban J connectivity index is 1.75. The molecule has 1 saturated heterocycles. The van der Waals surface area contributed by atoms with Gasteiger partial charge in [0.25, 0.3) is 0 Å². The summed E-state index contributed by atoms with van der Waals surface area (Å²) in [6, 6.07) is 5.74. The van der Waals surface area contributed by atoms with Crippen molar-refractivity contribution in [2.45, 2.75) is 46.1 Å². The lowest BCUT2D eigenvalue weighted by atomic mass is 10.00. The van der Waals surface area contributed by atoms with E-state index in [9.17, 15) is 4.79 Å². The number of likely N-dealkylation sites (tertiary alicyclic amines) is 1. The Morgan fingerprint density at radius 3 is 2.70 bits per heavy atom. The molecule has 30 heavy (non-hydrogen) atoms. The first-order valence-corrected chi connectivity index (χ1v) is 10.6. The molecule has 3 aromatic rings.